The molecule has 1 fully saturated rings. The summed E-state index contributed by atoms with van der Waals surface area (Å²) in [6, 6.07) is 6.92. The van der Waals surface area contributed by atoms with E-state index in [1.54, 1.807) is 29.2 Å². The summed E-state index contributed by atoms with van der Waals surface area (Å²) in [7, 11) is 0. The van der Waals surface area contributed by atoms with Gasteiger partial charge in [-0.15, -0.1) is 0 Å². The second-order valence-electron chi connectivity index (χ2n) is 4.82. The molecule has 2 aliphatic heterocycles. The third-order valence-electron chi connectivity index (χ3n) is 3.82. The van der Waals surface area contributed by atoms with E-state index in [2.05, 4.69) is 5.16 Å². The number of carbonyl (C=O) groups is 1. The number of benzene rings is 1. The Morgan fingerprint density at radius 3 is 3.00 bits per heavy atom. The van der Waals surface area contributed by atoms with Crippen LogP contribution in [0.5, 0.6) is 0 Å². The Balaban J connectivity index is 2.09. The van der Waals surface area contributed by atoms with Gasteiger partial charge in [0.25, 0.3) is 5.91 Å². The molecule has 19 heavy (non-hydrogen) atoms. The zero-order valence-corrected chi connectivity index (χ0v) is 10.1. The number of amides is 1. The lowest BCUT2D eigenvalue weighted by Gasteiger charge is -2.20. The van der Waals surface area contributed by atoms with Gasteiger partial charge in [-0.3, -0.25) is 9.32 Å². The molecule has 96 valence electrons. The van der Waals surface area contributed by atoms with Crippen LogP contribution < -0.4 is 5.76 Å². The second-order valence-corrected chi connectivity index (χ2v) is 4.82. The van der Waals surface area contributed by atoms with Crippen molar-refractivity contribution < 1.29 is 9.32 Å². The smallest absolute Gasteiger partial charge is 0.328 e. The number of hydrogen-bond donors (Lipinski definition) is 0. The van der Waals surface area contributed by atoms with Gasteiger partial charge in [0.2, 0.25) is 0 Å². The average Bonchev–Trinajstić information content (AvgIpc) is 3.02. The molecule has 6 heteroatoms. The van der Waals surface area contributed by atoms with E-state index in [1.165, 1.54) is 4.57 Å². The summed E-state index contributed by atoms with van der Waals surface area (Å²) in [6.07, 6.45) is 1.73. The molecular weight excluding hydrogens is 246 g/mol. The number of carbonyl (C=O) groups excluding carboxylic acids is 1. The molecular formula is C13H11N3O3. The quantitative estimate of drug-likeness (QED) is 0.709. The molecule has 0 bridgehead atoms. The second kappa shape index (κ2) is 3.57. The predicted molar refractivity (Wildman–Crippen MR) is 65.1 cm³/mol. The molecule has 0 N–H and O–H groups in total. The Morgan fingerprint density at radius 2 is 2.11 bits per heavy atom. The molecule has 2 aliphatic rings. The third-order valence-corrected chi connectivity index (χ3v) is 3.82. The van der Waals surface area contributed by atoms with Gasteiger partial charge < -0.3 is 4.90 Å². The lowest BCUT2D eigenvalue weighted by atomic mass is 10.1. The van der Waals surface area contributed by atoms with E-state index in [0.717, 1.165) is 12.8 Å². The van der Waals surface area contributed by atoms with Gasteiger partial charge in [0.1, 0.15) is 0 Å². The molecule has 3 heterocycles. The minimum atomic E-state index is -0.538. The van der Waals surface area contributed by atoms with E-state index in [0.29, 0.717) is 23.6 Å². The molecule has 6 nitrogen and oxygen atoms in total. The highest BCUT2D eigenvalue weighted by atomic mass is 16.5. The highest BCUT2D eigenvalue weighted by Crippen LogP contribution is 2.36. The summed E-state index contributed by atoms with van der Waals surface area (Å²) >= 11 is 0. The van der Waals surface area contributed by atoms with E-state index in [4.69, 9.17) is 4.52 Å². The van der Waals surface area contributed by atoms with Gasteiger partial charge in [-0.25, -0.2) is 9.36 Å². The van der Waals surface area contributed by atoms with Gasteiger partial charge in [-0.05, 0) is 25.0 Å². The Labute approximate surface area is 108 Å². The van der Waals surface area contributed by atoms with Crippen LogP contribution in [0.4, 0.5) is 0 Å². The van der Waals surface area contributed by atoms with Crippen molar-refractivity contribution in [2.45, 2.75) is 18.9 Å². The molecule has 0 saturated carbocycles. The fourth-order valence-electron chi connectivity index (χ4n) is 2.98. The van der Waals surface area contributed by atoms with Gasteiger partial charge in [0.05, 0.1) is 17.3 Å². The van der Waals surface area contributed by atoms with Crippen molar-refractivity contribution in [3.8, 4) is 5.69 Å². The topological polar surface area (TPSA) is 68.3 Å². The van der Waals surface area contributed by atoms with Gasteiger partial charge in [0, 0.05) is 6.54 Å². The highest BCUT2D eigenvalue weighted by Gasteiger charge is 2.39. The zero-order valence-electron chi connectivity index (χ0n) is 10.1. The molecule has 1 aromatic heterocycles. The number of aromatic nitrogens is 2. The summed E-state index contributed by atoms with van der Waals surface area (Å²) in [5.74, 6) is -0.0483. The molecule has 2 aromatic rings. The van der Waals surface area contributed by atoms with Crippen molar-refractivity contribution in [2.24, 2.45) is 0 Å². The first-order chi connectivity index (χ1) is 9.27. The largest absolute Gasteiger partial charge is 0.446 e. The summed E-state index contributed by atoms with van der Waals surface area (Å²) < 4.78 is 6.21. The van der Waals surface area contributed by atoms with Crippen molar-refractivity contribution in [3.63, 3.8) is 0 Å². The molecule has 1 aromatic carbocycles. The average molecular weight is 257 g/mol. The predicted octanol–water partition coefficient (Wildman–Crippen LogP) is 1.12. The Morgan fingerprint density at radius 1 is 1.26 bits per heavy atom. The monoisotopic (exact) mass is 257 g/mol. The third kappa shape index (κ3) is 1.28. The fourth-order valence-corrected chi connectivity index (χ4v) is 2.98. The number of nitrogens with zero attached hydrogens (tertiary/aromatic N) is 3. The molecule has 0 aliphatic carbocycles. The van der Waals surface area contributed by atoms with Crippen LogP contribution >= 0.6 is 0 Å². The van der Waals surface area contributed by atoms with Crippen LogP contribution in [-0.4, -0.2) is 27.1 Å². The highest BCUT2D eigenvalue weighted by molar-refractivity contribution is 5.98. The first-order valence-electron chi connectivity index (χ1n) is 6.26. The SMILES string of the molecule is O=C1c2ccccc2-n2c(noc2=O)[C@@H]2CCCN12. The lowest BCUT2D eigenvalue weighted by Crippen LogP contribution is -2.29. The molecule has 1 atom stereocenters. The summed E-state index contributed by atoms with van der Waals surface area (Å²) in [4.78, 5) is 26.2. The maximum absolute atomic E-state index is 12.5. The van der Waals surface area contributed by atoms with E-state index >= 15 is 0 Å². The summed E-state index contributed by atoms with van der Waals surface area (Å²) in [5, 5.41) is 3.87. The number of fused-ring (bicyclic) bond motifs is 5. The van der Waals surface area contributed by atoms with Gasteiger partial charge in [-0.2, -0.15) is 0 Å². The minimum Gasteiger partial charge on any atom is -0.328 e. The van der Waals surface area contributed by atoms with Crippen LogP contribution in [0.25, 0.3) is 5.69 Å². The number of hydrogen-bond acceptors (Lipinski definition) is 4. The Kier molecular flexibility index (Phi) is 1.98. The van der Waals surface area contributed by atoms with Crippen LogP contribution in [0.15, 0.2) is 33.6 Å². The van der Waals surface area contributed by atoms with Crippen LogP contribution in [0.1, 0.15) is 35.1 Å². The molecule has 1 saturated heterocycles. The normalized spacial score (nSPS) is 20.7. The molecule has 0 radical (unpaired) electrons. The maximum atomic E-state index is 12.5. The standard InChI is InChI=1S/C13H11N3O3/c17-12-8-4-1-2-5-9(8)16-11(14-19-13(16)18)10-6-3-7-15(10)12/h1-2,4-5,10H,3,6-7H2/t10-/m0/s1. The first kappa shape index (κ1) is 10.5. The lowest BCUT2D eigenvalue weighted by molar-refractivity contribution is 0.0733. The fraction of sp³-hybridized carbons (Fsp3) is 0.308. The Bertz CT molecular complexity index is 731. The van der Waals surface area contributed by atoms with Crippen molar-refractivity contribution in [1.82, 2.24) is 14.6 Å². The van der Waals surface area contributed by atoms with Crippen LogP contribution in [0.3, 0.4) is 0 Å². The van der Waals surface area contributed by atoms with Crippen LogP contribution in [0.2, 0.25) is 0 Å². The Hall–Kier alpha value is -2.37. The summed E-state index contributed by atoms with van der Waals surface area (Å²) in [6.45, 7) is 0.693. The maximum Gasteiger partial charge on any atom is 0.446 e. The van der Waals surface area contributed by atoms with E-state index < -0.39 is 5.76 Å². The zero-order chi connectivity index (χ0) is 13.0. The van der Waals surface area contributed by atoms with Crippen molar-refractivity contribution in [1.29, 1.82) is 0 Å². The van der Waals surface area contributed by atoms with Gasteiger partial charge in [-0.1, -0.05) is 17.3 Å². The van der Waals surface area contributed by atoms with Crippen LogP contribution in [0, 0.1) is 0 Å². The van der Waals surface area contributed by atoms with E-state index in [1.807, 2.05) is 0 Å². The van der Waals surface area contributed by atoms with Crippen molar-refractivity contribution in [2.75, 3.05) is 6.54 Å². The molecule has 1 amide bonds. The molecule has 4 rings (SSSR count). The van der Waals surface area contributed by atoms with Crippen molar-refractivity contribution in [3.05, 3.63) is 46.2 Å². The minimum absolute atomic E-state index is 0.0389. The van der Waals surface area contributed by atoms with E-state index in [-0.39, 0.29) is 11.9 Å². The van der Waals surface area contributed by atoms with E-state index in [9.17, 15) is 9.59 Å². The van der Waals surface area contributed by atoms with Crippen molar-refractivity contribution >= 4 is 5.91 Å². The summed E-state index contributed by atoms with van der Waals surface area (Å²) in [5.41, 5.74) is 1.08. The number of rotatable bonds is 0. The van der Waals surface area contributed by atoms with Crippen LogP contribution in [-0.2, 0) is 0 Å². The number of para-hydroxylation sites is 1. The van der Waals surface area contributed by atoms with Gasteiger partial charge in [0.15, 0.2) is 5.82 Å². The molecule has 0 unspecified atom stereocenters. The van der Waals surface area contributed by atoms with Gasteiger partial charge >= 0.3 is 5.76 Å². The molecule has 0 spiro atoms. The first-order valence-corrected chi connectivity index (χ1v) is 6.26.